The molecule has 3 rings (SSSR count). The van der Waals surface area contributed by atoms with E-state index >= 15 is 0 Å². The highest BCUT2D eigenvalue weighted by Gasteiger charge is 2.36. The van der Waals surface area contributed by atoms with Gasteiger partial charge < -0.3 is 10.6 Å². The molecule has 0 aromatic heterocycles. The number of carbonyl (C=O) groups excluding carboxylic acids is 2. The van der Waals surface area contributed by atoms with E-state index in [-0.39, 0.29) is 5.91 Å². The van der Waals surface area contributed by atoms with Gasteiger partial charge in [-0.15, -0.1) is 0 Å². The Morgan fingerprint density at radius 1 is 1.19 bits per heavy atom. The molecule has 140 valence electrons. The molecule has 1 aliphatic heterocycles. The van der Waals surface area contributed by atoms with Crippen LogP contribution in [0, 0.1) is 0 Å². The minimum absolute atomic E-state index is 0.343. The number of rotatable bonds is 4. The monoisotopic (exact) mass is 449 g/mol. The average molecular weight is 451 g/mol. The summed E-state index contributed by atoms with van der Waals surface area (Å²) >= 11 is 9.28. The first-order valence-electron chi connectivity index (χ1n) is 8.08. The molecule has 1 aliphatic rings. The molecule has 0 radical (unpaired) electrons. The first kappa shape index (κ1) is 19.4. The van der Waals surface area contributed by atoms with Gasteiger partial charge >= 0.3 is 6.03 Å². The Kier molecular flexibility index (Phi) is 5.84. The summed E-state index contributed by atoms with van der Waals surface area (Å²) in [6.45, 7) is 1.67. The fraction of sp³-hybridized carbons (Fsp3) is 0.158. The van der Waals surface area contributed by atoms with Gasteiger partial charge in [0.1, 0.15) is 0 Å². The molecule has 8 heteroatoms. The van der Waals surface area contributed by atoms with E-state index < -0.39 is 12.1 Å². The molecule has 0 saturated heterocycles. The molecule has 0 saturated carbocycles. The van der Waals surface area contributed by atoms with E-state index in [0.29, 0.717) is 22.0 Å². The van der Waals surface area contributed by atoms with Crippen molar-refractivity contribution in [2.75, 3.05) is 12.4 Å². The van der Waals surface area contributed by atoms with Crippen molar-refractivity contribution in [3.8, 4) is 0 Å². The summed E-state index contributed by atoms with van der Waals surface area (Å²) in [4.78, 5) is 30.5. The molecule has 2 aromatic rings. The highest BCUT2D eigenvalue weighted by Crippen LogP contribution is 2.32. The lowest BCUT2D eigenvalue weighted by molar-refractivity contribution is -0.114. The number of allylic oxidation sites excluding steroid dienone is 1. The van der Waals surface area contributed by atoms with Gasteiger partial charge in [-0.3, -0.25) is 9.63 Å². The van der Waals surface area contributed by atoms with E-state index in [1.807, 2.05) is 24.3 Å². The van der Waals surface area contributed by atoms with Gasteiger partial charge in [-0.25, -0.2) is 4.79 Å². The van der Waals surface area contributed by atoms with Crippen molar-refractivity contribution in [2.45, 2.75) is 13.0 Å². The van der Waals surface area contributed by atoms with E-state index in [9.17, 15) is 9.59 Å². The number of hydroxylamine groups is 2. The molecule has 27 heavy (non-hydrogen) atoms. The Morgan fingerprint density at radius 2 is 1.81 bits per heavy atom. The molecule has 1 unspecified atom stereocenters. The zero-order chi connectivity index (χ0) is 19.6. The number of halogens is 2. The van der Waals surface area contributed by atoms with Gasteiger partial charge in [-0.2, -0.15) is 5.06 Å². The summed E-state index contributed by atoms with van der Waals surface area (Å²) in [5.41, 5.74) is 2.18. The number of nitrogens with one attached hydrogen (secondary N) is 2. The Labute approximate surface area is 170 Å². The normalized spacial score (nSPS) is 17.0. The standard InChI is InChI=1S/C19H17BrClN3O3/c1-11-16(18(25)22-15-9-7-14(21)8-10-15)17(23-19(26)24(11)27-2)12-3-5-13(20)6-4-12/h3-10,17H,1-2H3,(H,22,25)(H,23,26). The van der Waals surface area contributed by atoms with Crippen LogP contribution in [0.15, 0.2) is 64.3 Å². The largest absolute Gasteiger partial charge is 0.346 e. The molecular weight excluding hydrogens is 434 g/mol. The summed E-state index contributed by atoms with van der Waals surface area (Å²) in [7, 11) is 1.37. The van der Waals surface area contributed by atoms with Gasteiger partial charge in [-0.05, 0) is 48.9 Å². The third kappa shape index (κ3) is 4.16. The predicted octanol–water partition coefficient (Wildman–Crippen LogP) is 4.64. The van der Waals surface area contributed by atoms with Crippen molar-refractivity contribution in [3.05, 3.63) is 74.9 Å². The van der Waals surface area contributed by atoms with Gasteiger partial charge in [0.05, 0.1) is 24.4 Å². The lowest BCUT2D eigenvalue weighted by atomic mass is 9.94. The second kappa shape index (κ2) is 8.12. The number of amides is 3. The number of hydrogen-bond donors (Lipinski definition) is 2. The highest BCUT2D eigenvalue weighted by molar-refractivity contribution is 9.10. The van der Waals surface area contributed by atoms with E-state index in [1.54, 1.807) is 31.2 Å². The summed E-state index contributed by atoms with van der Waals surface area (Å²) in [6, 6.07) is 13.2. The van der Waals surface area contributed by atoms with Crippen molar-refractivity contribution >= 4 is 45.2 Å². The third-order valence-corrected chi connectivity index (χ3v) is 4.95. The average Bonchev–Trinajstić information content (AvgIpc) is 2.64. The van der Waals surface area contributed by atoms with Crippen LogP contribution in [0.25, 0.3) is 0 Å². The van der Waals surface area contributed by atoms with Crippen molar-refractivity contribution < 1.29 is 14.4 Å². The zero-order valence-corrected chi connectivity index (χ0v) is 17.0. The molecule has 6 nitrogen and oxygen atoms in total. The van der Waals surface area contributed by atoms with Crippen molar-refractivity contribution in [3.63, 3.8) is 0 Å². The molecule has 1 heterocycles. The van der Waals surface area contributed by atoms with Crippen LogP contribution in [-0.4, -0.2) is 24.1 Å². The maximum atomic E-state index is 13.0. The van der Waals surface area contributed by atoms with Crippen LogP contribution in [0.2, 0.25) is 5.02 Å². The first-order valence-corrected chi connectivity index (χ1v) is 9.25. The molecule has 1 atom stereocenters. The molecular formula is C19H17BrClN3O3. The van der Waals surface area contributed by atoms with Crippen LogP contribution < -0.4 is 10.6 Å². The van der Waals surface area contributed by atoms with Gasteiger partial charge in [0.15, 0.2) is 0 Å². The number of hydrogen-bond acceptors (Lipinski definition) is 3. The maximum absolute atomic E-state index is 13.0. The molecule has 2 N–H and O–H groups in total. The molecule has 0 bridgehead atoms. The van der Waals surface area contributed by atoms with Crippen molar-refractivity contribution in [1.29, 1.82) is 0 Å². The van der Waals surface area contributed by atoms with Crippen LogP contribution in [-0.2, 0) is 9.63 Å². The summed E-state index contributed by atoms with van der Waals surface area (Å²) in [5, 5.41) is 7.30. The number of anilines is 1. The SMILES string of the molecule is CON1C(=O)NC(c2ccc(Br)cc2)C(C(=O)Nc2ccc(Cl)cc2)=C1C. The summed E-state index contributed by atoms with van der Waals surface area (Å²) < 4.78 is 0.903. The number of urea groups is 1. The van der Waals surface area contributed by atoms with Crippen molar-refractivity contribution in [1.82, 2.24) is 10.4 Å². The van der Waals surface area contributed by atoms with Crippen LogP contribution in [0.3, 0.4) is 0 Å². The smallest absolute Gasteiger partial charge is 0.325 e. The fourth-order valence-electron chi connectivity index (χ4n) is 2.88. The Balaban J connectivity index is 2.00. The van der Waals surface area contributed by atoms with Crippen LogP contribution in [0.1, 0.15) is 18.5 Å². The van der Waals surface area contributed by atoms with Gasteiger partial charge in [0.25, 0.3) is 5.91 Å². The topological polar surface area (TPSA) is 70.7 Å². The maximum Gasteiger partial charge on any atom is 0.346 e. The predicted molar refractivity (Wildman–Crippen MR) is 107 cm³/mol. The summed E-state index contributed by atoms with van der Waals surface area (Å²) in [5.74, 6) is -0.343. The summed E-state index contributed by atoms with van der Waals surface area (Å²) in [6.07, 6.45) is 0. The Bertz CT molecular complexity index is 897. The number of carbonyl (C=O) groups is 2. The zero-order valence-electron chi connectivity index (χ0n) is 14.6. The van der Waals surface area contributed by atoms with E-state index in [4.69, 9.17) is 16.4 Å². The minimum atomic E-state index is -0.607. The Morgan fingerprint density at radius 3 is 2.41 bits per heavy atom. The van der Waals surface area contributed by atoms with Crippen LogP contribution >= 0.6 is 27.5 Å². The highest BCUT2D eigenvalue weighted by atomic mass is 79.9. The van der Waals surface area contributed by atoms with E-state index in [1.165, 1.54) is 7.11 Å². The van der Waals surface area contributed by atoms with E-state index in [0.717, 1.165) is 15.1 Å². The first-order chi connectivity index (χ1) is 12.9. The molecule has 2 aromatic carbocycles. The van der Waals surface area contributed by atoms with Gasteiger partial charge in [-0.1, -0.05) is 39.7 Å². The lowest BCUT2D eigenvalue weighted by Crippen LogP contribution is -2.48. The lowest BCUT2D eigenvalue weighted by Gasteiger charge is -2.34. The quantitative estimate of drug-likeness (QED) is 0.713. The minimum Gasteiger partial charge on any atom is -0.325 e. The molecule has 0 aliphatic carbocycles. The van der Waals surface area contributed by atoms with Gasteiger partial charge in [0, 0.05) is 15.2 Å². The number of nitrogens with zero attached hydrogens (tertiary/aromatic N) is 1. The molecule has 0 fully saturated rings. The van der Waals surface area contributed by atoms with E-state index in [2.05, 4.69) is 26.6 Å². The second-order valence-electron chi connectivity index (χ2n) is 5.87. The van der Waals surface area contributed by atoms with Crippen LogP contribution in [0.4, 0.5) is 10.5 Å². The molecule has 0 spiro atoms. The van der Waals surface area contributed by atoms with Crippen LogP contribution in [0.5, 0.6) is 0 Å². The van der Waals surface area contributed by atoms with Crippen molar-refractivity contribution in [2.24, 2.45) is 0 Å². The third-order valence-electron chi connectivity index (χ3n) is 4.17. The second-order valence-corrected chi connectivity index (χ2v) is 7.22. The Hall–Kier alpha value is -2.35. The molecule has 3 amide bonds. The fourth-order valence-corrected chi connectivity index (χ4v) is 3.27. The number of benzene rings is 2. The van der Waals surface area contributed by atoms with Gasteiger partial charge in [0.2, 0.25) is 0 Å².